The SMILES string of the molecule is COc1c(F)ccc(F)c1C(=O)Nc1nc(-c2ccccc2C)cs1. The molecule has 0 unspecified atom stereocenters. The number of carbonyl (C=O) groups excluding carboxylic acids is 1. The van der Waals surface area contributed by atoms with Gasteiger partial charge in [-0.3, -0.25) is 10.1 Å². The number of halogens is 2. The molecule has 0 fully saturated rings. The quantitative estimate of drug-likeness (QED) is 0.736. The van der Waals surface area contributed by atoms with E-state index in [0.29, 0.717) is 5.69 Å². The van der Waals surface area contributed by atoms with Gasteiger partial charge in [-0.2, -0.15) is 0 Å². The molecule has 25 heavy (non-hydrogen) atoms. The summed E-state index contributed by atoms with van der Waals surface area (Å²) in [6, 6.07) is 9.49. The van der Waals surface area contributed by atoms with Crippen molar-refractivity contribution in [3.63, 3.8) is 0 Å². The van der Waals surface area contributed by atoms with E-state index in [0.717, 1.165) is 23.3 Å². The number of carbonyl (C=O) groups is 1. The first-order chi connectivity index (χ1) is 12.0. The molecule has 0 radical (unpaired) electrons. The van der Waals surface area contributed by atoms with Crippen LogP contribution in [0.5, 0.6) is 5.75 Å². The average molecular weight is 360 g/mol. The number of aromatic nitrogens is 1. The van der Waals surface area contributed by atoms with Crippen LogP contribution in [0, 0.1) is 18.6 Å². The van der Waals surface area contributed by atoms with Crippen LogP contribution in [0.25, 0.3) is 11.3 Å². The van der Waals surface area contributed by atoms with Crippen LogP contribution in [0.1, 0.15) is 15.9 Å². The van der Waals surface area contributed by atoms with Crippen molar-refractivity contribution in [2.45, 2.75) is 6.92 Å². The summed E-state index contributed by atoms with van der Waals surface area (Å²) in [5, 5.41) is 4.57. The van der Waals surface area contributed by atoms with Gasteiger partial charge in [0.15, 0.2) is 16.7 Å². The van der Waals surface area contributed by atoms with Crippen LogP contribution >= 0.6 is 11.3 Å². The molecular formula is C18H14F2N2O2S. The number of benzene rings is 2. The topological polar surface area (TPSA) is 51.2 Å². The fourth-order valence-corrected chi connectivity index (χ4v) is 3.12. The maximum atomic E-state index is 14.0. The van der Waals surface area contributed by atoms with Gasteiger partial charge in [0.25, 0.3) is 5.91 Å². The summed E-state index contributed by atoms with van der Waals surface area (Å²) >= 11 is 1.20. The van der Waals surface area contributed by atoms with Crippen molar-refractivity contribution in [2.24, 2.45) is 0 Å². The first kappa shape index (κ1) is 17.0. The van der Waals surface area contributed by atoms with E-state index in [9.17, 15) is 13.6 Å². The predicted octanol–water partition coefficient (Wildman–Crippen LogP) is 4.66. The van der Waals surface area contributed by atoms with E-state index in [1.54, 1.807) is 5.38 Å². The van der Waals surface area contributed by atoms with Crippen molar-refractivity contribution in [2.75, 3.05) is 12.4 Å². The maximum Gasteiger partial charge on any atom is 0.264 e. The van der Waals surface area contributed by atoms with Crippen LogP contribution in [0.15, 0.2) is 41.8 Å². The molecule has 0 aliphatic rings. The van der Waals surface area contributed by atoms with Gasteiger partial charge in [0, 0.05) is 10.9 Å². The highest BCUT2D eigenvalue weighted by Gasteiger charge is 2.22. The Balaban J connectivity index is 1.89. The van der Waals surface area contributed by atoms with Gasteiger partial charge in [-0.25, -0.2) is 13.8 Å². The number of methoxy groups -OCH3 is 1. The fraction of sp³-hybridized carbons (Fsp3) is 0.111. The Hall–Kier alpha value is -2.80. The molecule has 1 amide bonds. The van der Waals surface area contributed by atoms with Crippen LogP contribution in [0.3, 0.4) is 0 Å². The molecule has 1 aromatic heterocycles. The number of aryl methyl sites for hydroxylation is 1. The summed E-state index contributed by atoms with van der Waals surface area (Å²) in [6.45, 7) is 1.96. The van der Waals surface area contributed by atoms with Crippen LogP contribution in [0.2, 0.25) is 0 Å². The van der Waals surface area contributed by atoms with E-state index in [2.05, 4.69) is 10.3 Å². The van der Waals surface area contributed by atoms with E-state index in [1.807, 2.05) is 31.2 Å². The molecule has 3 rings (SSSR count). The van der Waals surface area contributed by atoms with Gasteiger partial charge >= 0.3 is 0 Å². The lowest BCUT2D eigenvalue weighted by Gasteiger charge is -2.09. The largest absolute Gasteiger partial charge is 0.493 e. The second-order valence-corrected chi connectivity index (χ2v) is 6.10. The summed E-state index contributed by atoms with van der Waals surface area (Å²) in [5.74, 6) is -2.94. The van der Waals surface area contributed by atoms with Gasteiger partial charge in [-0.1, -0.05) is 24.3 Å². The van der Waals surface area contributed by atoms with Gasteiger partial charge in [0.05, 0.1) is 12.8 Å². The lowest BCUT2D eigenvalue weighted by atomic mass is 10.1. The third-order valence-electron chi connectivity index (χ3n) is 3.64. The van der Waals surface area contributed by atoms with E-state index >= 15 is 0 Å². The molecule has 7 heteroatoms. The number of nitrogens with zero attached hydrogens (tertiary/aromatic N) is 1. The number of rotatable bonds is 4. The second-order valence-electron chi connectivity index (χ2n) is 5.24. The highest BCUT2D eigenvalue weighted by molar-refractivity contribution is 7.14. The normalized spacial score (nSPS) is 10.6. The molecule has 2 aromatic carbocycles. The minimum atomic E-state index is -0.869. The predicted molar refractivity (Wildman–Crippen MR) is 93.2 cm³/mol. The molecule has 1 heterocycles. The lowest BCUT2D eigenvalue weighted by Crippen LogP contribution is -2.15. The molecule has 4 nitrogen and oxygen atoms in total. The first-order valence-corrected chi connectivity index (χ1v) is 8.24. The Labute approximate surface area is 147 Å². The van der Waals surface area contributed by atoms with Crippen molar-refractivity contribution in [3.8, 4) is 17.0 Å². The summed E-state index contributed by atoms with van der Waals surface area (Å²) < 4.78 is 32.5. The van der Waals surface area contributed by atoms with Gasteiger partial charge in [0.2, 0.25) is 0 Å². The molecule has 0 aliphatic carbocycles. The molecule has 0 saturated carbocycles. The standard InChI is InChI=1S/C18H14F2N2O2S/c1-10-5-3-4-6-11(10)14-9-25-18(21-14)22-17(23)15-12(19)7-8-13(20)16(15)24-2/h3-9H,1-2H3,(H,21,22,23). The molecule has 3 aromatic rings. The molecule has 0 spiro atoms. The van der Waals surface area contributed by atoms with Gasteiger partial charge < -0.3 is 4.74 Å². The van der Waals surface area contributed by atoms with Crippen molar-refractivity contribution < 1.29 is 18.3 Å². The molecule has 1 N–H and O–H groups in total. The number of ether oxygens (including phenoxy) is 1. The molecule has 0 saturated heterocycles. The summed E-state index contributed by atoms with van der Waals surface area (Å²) in [6.07, 6.45) is 0. The van der Waals surface area contributed by atoms with Crippen molar-refractivity contribution in [1.29, 1.82) is 0 Å². The maximum absolute atomic E-state index is 14.0. The van der Waals surface area contributed by atoms with Gasteiger partial charge in [0.1, 0.15) is 11.4 Å². The number of thiazole rings is 1. The number of nitrogens with one attached hydrogen (secondary N) is 1. The minimum Gasteiger partial charge on any atom is -0.493 e. The van der Waals surface area contributed by atoms with Crippen LogP contribution in [0.4, 0.5) is 13.9 Å². The van der Waals surface area contributed by atoms with E-state index in [4.69, 9.17) is 4.74 Å². The third kappa shape index (κ3) is 3.36. The highest BCUT2D eigenvalue weighted by Crippen LogP contribution is 2.29. The Morgan fingerprint density at radius 3 is 2.60 bits per heavy atom. The van der Waals surface area contributed by atoms with Crippen molar-refractivity contribution in [1.82, 2.24) is 4.98 Å². The summed E-state index contributed by atoms with van der Waals surface area (Å²) in [7, 11) is 1.17. The fourth-order valence-electron chi connectivity index (χ4n) is 2.42. The number of hydrogen-bond donors (Lipinski definition) is 1. The Morgan fingerprint density at radius 1 is 1.16 bits per heavy atom. The van der Waals surface area contributed by atoms with E-state index < -0.39 is 28.9 Å². The molecule has 128 valence electrons. The highest BCUT2D eigenvalue weighted by atomic mass is 32.1. The smallest absolute Gasteiger partial charge is 0.264 e. The number of amides is 1. The second kappa shape index (κ2) is 6.98. The van der Waals surface area contributed by atoms with Gasteiger partial charge in [-0.05, 0) is 24.6 Å². The monoisotopic (exact) mass is 360 g/mol. The first-order valence-electron chi connectivity index (χ1n) is 7.36. The number of hydrogen-bond acceptors (Lipinski definition) is 4. The third-order valence-corrected chi connectivity index (χ3v) is 4.39. The van der Waals surface area contributed by atoms with Gasteiger partial charge in [-0.15, -0.1) is 11.3 Å². The van der Waals surface area contributed by atoms with Crippen LogP contribution in [-0.2, 0) is 0 Å². The zero-order chi connectivity index (χ0) is 18.0. The Kier molecular flexibility index (Phi) is 4.76. The molecular weight excluding hydrogens is 346 g/mol. The van der Waals surface area contributed by atoms with Crippen LogP contribution in [-0.4, -0.2) is 18.0 Å². The summed E-state index contributed by atoms with van der Waals surface area (Å²) in [5.41, 5.74) is 2.19. The Morgan fingerprint density at radius 2 is 1.88 bits per heavy atom. The minimum absolute atomic E-state index is 0.286. The average Bonchev–Trinajstić information content (AvgIpc) is 3.05. The van der Waals surface area contributed by atoms with E-state index in [1.165, 1.54) is 18.4 Å². The lowest BCUT2D eigenvalue weighted by molar-refractivity contribution is 0.101. The zero-order valence-corrected chi connectivity index (χ0v) is 14.3. The molecule has 0 atom stereocenters. The van der Waals surface area contributed by atoms with Crippen molar-refractivity contribution >= 4 is 22.4 Å². The molecule has 0 bridgehead atoms. The zero-order valence-electron chi connectivity index (χ0n) is 13.5. The van der Waals surface area contributed by atoms with Crippen LogP contribution < -0.4 is 10.1 Å². The Bertz CT molecular complexity index is 941. The molecule has 0 aliphatic heterocycles. The number of anilines is 1. The van der Waals surface area contributed by atoms with E-state index in [-0.39, 0.29) is 5.13 Å². The van der Waals surface area contributed by atoms with Crippen molar-refractivity contribution in [3.05, 3.63) is 64.5 Å². The summed E-state index contributed by atoms with van der Waals surface area (Å²) in [4.78, 5) is 16.7.